The summed E-state index contributed by atoms with van der Waals surface area (Å²) in [6.45, 7) is 5.22. The quantitative estimate of drug-likeness (QED) is 0.602. The fraction of sp³-hybridized carbons (Fsp3) is 0.583. The molecule has 1 aromatic heterocycles. The maximum atomic E-state index is 5.72. The molecular weight excluding hydrogens is 374 g/mol. The second-order valence-corrected chi connectivity index (χ2v) is 8.88. The number of nitrogens with zero attached hydrogens (tertiary/aromatic N) is 4. The summed E-state index contributed by atoms with van der Waals surface area (Å²) in [7, 11) is 3.68. The van der Waals surface area contributed by atoms with Gasteiger partial charge in [-0.3, -0.25) is 4.99 Å². The molecule has 1 saturated heterocycles. The monoisotopic (exact) mass is 409 g/mol. The van der Waals surface area contributed by atoms with Gasteiger partial charge in [0.25, 0.3) is 0 Å². The molecule has 1 saturated carbocycles. The second kappa shape index (κ2) is 9.11. The van der Waals surface area contributed by atoms with E-state index in [1.54, 1.807) is 7.11 Å². The maximum Gasteiger partial charge on any atom is 0.193 e. The predicted octanol–water partition coefficient (Wildman–Crippen LogP) is 3.86. The van der Waals surface area contributed by atoms with Crippen LogP contribution in [0.1, 0.15) is 50.6 Å². The number of methoxy groups -OCH3 is 1. The smallest absolute Gasteiger partial charge is 0.193 e. The van der Waals surface area contributed by atoms with Crippen molar-refractivity contribution in [3.63, 3.8) is 0 Å². The minimum absolute atomic E-state index is 0.107. The van der Waals surface area contributed by atoms with E-state index in [0.717, 1.165) is 37.8 Å². The van der Waals surface area contributed by atoms with Gasteiger partial charge < -0.3 is 19.5 Å². The Kier molecular flexibility index (Phi) is 6.30. The van der Waals surface area contributed by atoms with E-state index in [4.69, 9.17) is 4.74 Å². The van der Waals surface area contributed by atoms with Crippen LogP contribution in [0.15, 0.2) is 48.0 Å². The zero-order valence-electron chi connectivity index (χ0n) is 18.6. The summed E-state index contributed by atoms with van der Waals surface area (Å²) in [4.78, 5) is 11.3. The number of likely N-dealkylation sites (tertiary alicyclic amines) is 1. The van der Waals surface area contributed by atoms with Gasteiger partial charge in [-0.2, -0.15) is 0 Å². The zero-order chi connectivity index (χ0) is 21.0. The van der Waals surface area contributed by atoms with Crippen LogP contribution in [-0.2, 0) is 5.41 Å². The lowest BCUT2D eigenvalue weighted by Gasteiger charge is -2.40. The molecule has 2 atom stereocenters. The fourth-order valence-electron chi connectivity index (χ4n) is 5.35. The van der Waals surface area contributed by atoms with E-state index in [0.29, 0.717) is 12.0 Å². The van der Waals surface area contributed by atoms with Gasteiger partial charge in [-0.05, 0) is 31.2 Å². The molecule has 2 aliphatic rings. The summed E-state index contributed by atoms with van der Waals surface area (Å²) in [5.74, 6) is 2.64. The van der Waals surface area contributed by atoms with Crippen molar-refractivity contribution in [2.24, 2.45) is 10.9 Å². The van der Waals surface area contributed by atoms with Crippen molar-refractivity contribution in [2.45, 2.75) is 50.5 Å². The van der Waals surface area contributed by atoms with Crippen LogP contribution in [0.25, 0.3) is 0 Å². The van der Waals surface area contributed by atoms with E-state index in [9.17, 15) is 0 Å². The van der Waals surface area contributed by atoms with E-state index < -0.39 is 0 Å². The van der Waals surface area contributed by atoms with Gasteiger partial charge >= 0.3 is 0 Å². The van der Waals surface area contributed by atoms with E-state index in [2.05, 4.69) is 62.1 Å². The molecule has 162 valence electrons. The topological polar surface area (TPSA) is 54.7 Å². The summed E-state index contributed by atoms with van der Waals surface area (Å²) >= 11 is 0. The molecule has 4 rings (SSSR count). The van der Waals surface area contributed by atoms with E-state index in [-0.39, 0.29) is 5.41 Å². The minimum atomic E-state index is 0.107. The first-order valence-electron chi connectivity index (χ1n) is 11.2. The number of aliphatic imine (C=N–C) groups is 1. The lowest BCUT2D eigenvalue weighted by molar-refractivity contribution is 0.188. The lowest BCUT2D eigenvalue weighted by Crippen LogP contribution is -2.51. The first-order valence-corrected chi connectivity index (χ1v) is 11.2. The van der Waals surface area contributed by atoms with Crippen molar-refractivity contribution >= 4 is 5.96 Å². The SMILES string of the molecule is CN=C(NCC1(c2ccccc2OC)CCCC1)N1CCC(C)C(n2ccnc2)C1. The summed E-state index contributed by atoms with van der Waals surface area (Å²) in [5.41, 5.74) is 1.44. The van der Waals surface area contributed by atoms with Crippen molar-refractivity contribution in [3.05, 3.63) is 48.5 Å². The number of nitrogens with one attached hydrogen (secondary N) is 1. The third-order valence-corrected chi connectivity index (χ3v) is 7.16. The average molecular weight is 410 g/mol. The number of benzene rings is 1. The molecule has 30 heavy (non-hydrogen) atoms. The average Bonchev–Trinajstić information content (AvgIpc) is 3.48. The number of hydrogen-bond donors (Lipinski definition) is 1. The Labute approximate surface area is 180 Å². The second-order valence-electron chi connectivity index (χ2n) is 8.88. The molecule has 0 amide bonds. The van der Waals surface area contributed by atoms with Crippen LogP contribution < -0.4 is 10.1 Å². The molecule has 1 N–H and O–H groups in total. The largest absolute Gasteiger partial charge is 0.496 e. The number of guanidine groups is 1. The van der Waals surface area contributed by atoms with Crippen molar-refractivity contribution < 1.29 is 4.74 Å². The highest BCUT2D eigenvalue weighted by Gasteiger charge is 2.38. The molecule has 2 unspecified atom stereocenters. The van der Waals surface area contributed by atoms with Crippen molar-refractivity contribution in [1.82, 2.24) is 19.8 Å². The summed E-state index contributed by atoms with van der Waals surface area (Å²) in [5, 5.41) is 3.75. The Bertz CT molecular complexity index is 841. The first kappa shape index (κ1) is 20.8. The molecule has 0 spiro atoms. The Morgan fingerprint density at radius 3 is 2.80 bits per heavy atom. The van der Waals surface area contributed by atoms with Crippen LogP contribution in [0.4, 0.5) is 0 Å². The molecule has 0 bridgehead atoms. The zero-order valence-corrected chi connectivity index (χ0v) is 18.6. The van der Waals surface area contributed by atoms with Crippen LogP contribution in [0, 0.1) is 5.92 Å². The van der Waals surface area contributed by atoms with Gasteiger partial charge in [-0.25, -0.2) is 4.98 Å². The minimum Gasteiger partial charge on any atom is -0.496 e. The van der Waals surface area contributed by atoms with E-state index in [1.165, 1.54) is 31.2 Å². The van der Waals surface area contributed by atoms with Gasteiger partial charge in [0.05, 0.1) is 19.5 Å². The van der Waals surface area contributed by atoms with Crippen LogP contribution in [0.3, 0.4) is 0 Å². The number of aromatic nitrogens is 2. The number of para-hydroxylation sites is 1. The summed E-state index contributed by atoms with van der Waals surface area (Å²) in [6, 6.07) is 8.95. The first-order chi connectivity index (χ1) is 14.7. The van der Waals surface area contributed by atoms with Crippen LogP contribution in [0.5, 0.6) is 5.75 Å². The highest BCUT2D eigenvalue weighted by molar-refractivity contribution is 5.80. The number of piperidine rings is 1. The summed E-state index contributed by atoms with van der Waals surface area (Å²) in [6.07, 6.45) is 12.0. The number of hydrogen-bond acceptors (Lipinski definition) is 3. The van der Waals surface area contributed by atoms with Crippen LogP contribution in [-0.4, -0.2) is 54.2 Å². The van der Waals surface area contributed by atoms with Gasteiger partial charge in [-0.1, -0.05) is 38.0 Å². The normalized spacial score (nSPS) is 24.1. The van der Waals surface area contributed by atoms with Gasteiger partial charge in [-0.15, -0.1) is 0 Å². The van der Waals surface area contributed by atoms with E-state index >= 15 is 0 Å². The molecule has 0 radical (unpaired) electrons. The lowest BCUT2D eigenvalue weighted by atomic mass is 9.78. The number of ether oxygens (including phenoxy) is 1. The Morgan fingerprint density at radius 1 is 1.30 bits per heavy atom. The Morgan fingerprint density at radius 2 is 2.10 bits per heavy atom. The van der Waals surface area contributed by atoms with Crippen LogP contribution in [0.2, 0.25) is 0 Å². The van der Waals surface area contributed by atoms with Crippen molar-refractivity contribution in [2.75, 3.05) is 33.8 Å². The molecular formula is C24H35N5O. The van der Waals surface area contributed by atoms with Gasteiger partial charge in [0, 0.05) is 50.1 Å². The van der Waals surface area contributed by atoms with Gasteiger partial charge in [0.2, 0.25) is 0 Å². The molecule has 6 nitrogen and oxygen atoms in total. The summed E-state index contributed by atoms with van der Waals surface area (Å²) < 4.78 is 7.97. The fourth-order valence-corrected chi connectivity index (χ4v) is 5.35. The van der Waals surface area contributed by atoms with Crippen molar-refractivity contribution in [1.29, 1.82) is 0 Å². The maximum absolute atomic E-state index is 5.72. The molecule has 1 aromatic carbocycles. The molecule has 2 fully saturated rings. The van der Waals surface area contributed by atoms with Gasteiger partial charge in [0.1, 0.15) is 5.75 Å². The number of imidazole rings is 1. The molecule has 2 aromatic rings. The van der Waals surface area contributed by atoms with E-state index in [1.807, 2.05) is 19.6 Å². The third kappa shape index (κ3) is 4.05. The predicted molar refractivity (Wildman–Crippen MR) is 121 cm³/mol. The van der Waals surface area contributed by atoms with Crippen molar-refractivity contribution in [3.8, 4) is 5.75 Å². The molecule has 6 heteroatoms. The molecule has 2 heterocycles. The standard InChI is InChI=1S/C24H35N5O/c1-19-10-14-28(16-21(19)29-15-13-26-18-29)23(25-2)27-17-24(11-6-7-12-24)20-8-4-5-9-22(20)30-3/h4-5,8-9,13,15,18-19,21H,6-7,10-12,14,16-17H2,1-3H3,(H,25,27). The molecule has 1 aliphatic heterocycles. The number of rotatable bonds is 5. The Hall–Kier alpha value is -2.50. The third-order valence-electron chi connectivity index (χ3n) is 7.16. The highest BCUT2D eigenvalue weighted by atomic mass is 16.5. The van der Waals surface area contributed by atoms with Gasteiger partial charge in [0.15, 0.2) is 5.96 Å². The highest BCUT2D eigenvalue weighted by Crippen LogP contribution is 2.44. The Balaban J connectivity index is 1.49. The van der Waals surface area contributed by atoms with Crippen LogP contribution >= 0.6 is 0 Å². The molecule has 1 aliphatic carbocycles.